The van der Waals surface area contributed by atoms with E-state index in [2.05, 4.69) is 5.32 Å². The third kappa shape index (κ3) is 6.25. The molecule has 0 aliphatic heterocycles. The molecular weight excluding hydrogens is 381 g/mol. The van der Waals surface area contributed by atoms with Gasteiger partial charge in [-0.2, -0.15) is 0 Å². The summed E-state index contributed by atoms with van der Waals surface area (Å²) in [6.07, 6.45) is 0. The highest BCUT2D eigenvalue weighted by Gasteiger charge is 2.28. The van der Waals surface area contributed by atoms with Crippen molar-refractivity contribution in [1.82, 2.24) is 5.32 Å². The third-order valence-electron chi connectivity index (χ3n) is 3.20. The Balaban J connectivity index is 1.77. The molecule has 1 amide bonds. The lowest BCUT2D eigenvalue weighted by atomic mass is 10.2. The van der Waals surface area contributed by atoms with Gasteiger partial charge in [-0.3, -0.25) is 4.79 Å². The maximum absolute atomic E-state index is 12.4. The van der Waals surface area contributed by atoms with Crippen LogP contribution < -0.4 is 5.32 Å². The highest BCUT2D eigenvalue weighted by Crippen LogP contribution is 2.33. The molecular formula is C18H19Cl2NOS2. The molecule has 128 valence electrons. The Kier molecular flexibility index (Phi) is 7.35. The molecule has 24 heavy (non-hydrogen) atoms. The van der Waals surface area contributed by atoms with Crippen molar-refractivity contribution in [2.24, 2.45) is 0 Å². The zero-order chi connectivity index (χ0) is 17.6. The molecule has 0 heterocycles. The molecule has 0 radical (unpaired) electrons. The van der Waals surface area contributed by atoms with E-state index in [9.17, 15) is 4.79 Å². The first-order valence-electron chi connectivity index (χ1n) is 7.48. The van der Waals surface area contributed by atoms with Gasteiger partial charge in [0.1, 0.15) is 0 Å². The minimum absolute atomic E-state index is 0.0270. The van der Waals surface area contributed by atoms with Crippen molar-refractivity contribution in [3.8, 4) is 0 Å². The highest BCUT2D eigenvalue weighted by molar-refractivity contribution is 8.01. The lowest BCUT2D eigenvalue weighted by Crippen LogP contribution is -2.40. The van der Waals surface area contributed by atoms with Crippen molar-refractivity contribution >= 4 is 52.6 Å². The van der Waals surface area contributed by atoms with E-state index in [4.69, 9.17) is 23.2 Å². The van der Waals surface area contributed by atoms with Crippen molar-refractivity contribution in [2.75, 3.05) is 12.3 Å². The summed E-state index contributed by atoms with van der Waals surface area (Å²) >= 11 is 15.0. The van der Waals surface area contributed by atoms with E-state index in [1.54, 1.807) is 11.8 Å². The molecule has 0 saturated carbocycles. The summed E-state index contributed by atoms with van der Waals surface area (Å²) in [5.74, 6) is 0.842. The van der Waals surface area contributed by atoms with Crippen LogP contribution in [0.15, 0.2) is 58.3 Å². The number of thioether (sulfide) groups is 2. The highest BCUT2D eigenvalue weighted by atomic mass is 35.5. The minimum Gasteiger partial charge on any atom is -0.354 e. The first kappa shape index (κ1) is 19.5. The van der Waals surface area contributed by atoms with Gasteiger partial charge >= 0.3 is 0 Å². The second kappa shape index (κ2) is 9.04. The molecule has 2 rings (SSSR count). The predicted octanol–water partition coefficient (Wildman–Crippen LogP) is 5.77. The maximum atomic E-state index is 12.4. The lowest BCUT2D eigenvalue weighted by Gasteiger charge is -2.23. The Hall–Kier alpha value is -0.810. The molecule has 0 aromatic heterocycles. The van der Waals surface area contributed by atoms with Crippen LogP contribution in [0.2, 0.25) is 10.0 Å². The maximum Gasteiger partial charge on any atom is 0.236 e. The van der Waals surface area contributed by atoms with Gasteiger partial charge in [-0.15, -0.1) is 23.5 Å². The molecule has 0 saturated heterocycles. The summed E-state index contributed by atoms with van der Waals surface area (Å²) in [5, 5.41) is 4.43. The van der Waals surface area contributed by atoms with Crippen LogP contribution >= 0.6 is 46.7 Å². The fourth-order valence-electron chi connectivity index (χ4n) is 1.92. The largest absolute Gasteiger partial charge is 0.354 e. The Morgan fingerprint density at radius 2 is 1.46 bits per heavy atom. The fourth-order valence-corrected chi connectivity index (χ4v) is 3.97. The number of benzene rings is 2. The molecule has 0 aliphatic carbocycles. The fraction of sp³-hybridized carbons (Fsp3) is 0.278. The summed E-state index contributed by atoms with van der Waals surface area (Å²) in [4.78, 5) is 14.6. The van der Waals surface area contributed by atoms with E-state index in [-0.39, 0.29) is 5.91 Å². The van der Waals surface area contributed by atoms with Gasteiger partial charge < -0.3 is 5.32 Å². The van der Waals surface area contributed by atoms with Crippen molar-refractivity contribution < 1.29 is 4.79 Å². The molecule has 0 unspecified atom stereocenters. The number of nitrogens with one attached hydrogen (secondary N) is 1. The van der Waals surface area contributed by atoms with Crippen molar-refractivity contribution in [3.05, 3.63) is 58.6 Å². The first-order valence-corrected chi connectivity index (χ1v) is 10.0. The molecule has 0 atom stereocenters. The van der Waals surface area contributed by atoms with Gasteiger partial charge in [-0.05, 0) is 62.4 Å². The second-order valence-electron chi connectivity index (χ2n) is 5.62. The van der Waals surface area contributed by atoms with Crippen molar-refractivity contribution in [2.45, 2.75) is 28.4 Å². The Morgan fingerprint density at radius 1 is 0.958 bits per heavy atom. The van der Waals surface area contributed by atoms with Gasteiger partial charge in [-0.25, -0.2) is 0 Å². The molecule has 6 heteroatoms. The molecule has 2 nitrogen and oxygen atoms in total. The number of carbonyl (C=O) groups is 1. The zero-order valence-electron chi connectivity index (χ0n) is 13.5. The van der Waals surface area contributed by atoms with E-state index >= 15 is 0 Å². The van der Waals surface area contributed by atoms with Crippen LogP contribution in [0.5, 0.6) is 0 Å². The van der Waals surface area contributed by atoms with Crippen molar-refractivity contribution in [3.63, 3.8) is 0 Å². The number of halogens is 2. The zero-order valence-corrected chi connectivity index (χ0v) is 16.7. The van der Waals surface area contributed by atoms with Crippen molar-refractivity contribution in [1.29, 1.82) is 0 Å². The van der Waals surface area contributed by atoms with Gasteiger partial charge in [0.25, 0.3) is 0 Å². The van der Waals surface area contributed by atoms with E-state index in [0.29, 0.717) is 11.6 Å². The minimum atomic E-state index is -0.543. The number of hydrogen-bond donors (Lipinski definition) is 1. The van der Waals surface area contributed by atoms with Gasteiger partial charge in [0.15, 0.2) is 0 Å². The topological polar surface area (TPSA) is 29.1 Å². The van der Waals surface area contributed by atoms with E-state index in [0.717, 1.165) is 20.6 Å². The summed E-state index contributed by atoms with van der Waals surface area (Å²) in [6, 6.07) is 15.2. The molecule has 0 fully saturated rings. The van der Waals surface area contributed by atoms with Crippen LogP contribution in [0, 0.1) is 0 Å². The number of rotatable bonds is 7. The van der Waals surface area contributed by atoms with E-state index in [1.807, 2.05) is 62.4 Å². The van der Waals surface area contributed by atoms with Crippen LogP contribution in [0.25, 0.3) is 0 Å². The van der Waals surface area contributed by atoms with Gasteiger partial charge in [0.2, 0.25) is 5.91 Å². The van der Waals surface area contributed by atoms with Gasteiger partial charge in [0.05, 0.1) is 4.75 Å². The molecule has 1 N–H and O–H groups in total. The van der Waals surface area contributed by atoms with Gasteiger partial charge in [-0.1, -0.05) is 23.2 Å². The number of amides is 1. The molecule has 0 bridgehead atoms. The Labute approximate surface area is 161 Å². The van der Waals surface area contributed by atoms with Crippen LogP contribution in [0.4, 0.5) is 0 Å². The smallest absolute Gasteiger partial charge is 0.236 e. The average Bonchev–Trinajstić information content (AvgIpc) is 2.55. The van der Waals surface area contributed by atoms with Crippen LogP contribution in [-0.4, -0.2) is 23.0 Å². The second-order valence-corrected chi connectivity index (χ2v) is 9.36. The third-order valence-corrected chi connectivity index (χ3v) is 5.92. The average molecular weight is 400 g/mol. The summed E-state index contributed by atoms with van der Waals surface area (Å²) < 4.78 is -0.543. The quantitative estimate of drug-likeness (QED) is 0.472. The van der Waals surface area contributed by atoms with Crippen LogP contribution in [-0.2, 0) is 4.79 Å². The Bertz CT molecular complexity index is 672. The van der Waals surface area contributed by atoms with Gasteiger partial charge in [0, 0.05) is 32.1 Å². The van der Waals surface area contributed by atoms with Crippen LogP contribution in [0.3, 0.4) is 0 Å². The first-order chi connectivity index (χ1) is 11.4. The summed E-state index contributed by atoms with van der Waals surface area (Å²) in [5.41, 5.74) is 0. The molecule has 2 aromatic rings. The molecule has 0 spiro atoms. The normalized spacial score (nSPS) is 11.3. The standard InChI is InChI=1S/C18H19Cl2NOS2/c1-18(2,24-16-9-5-14(20)6-10-16)17(22)21-11-12-23-15-7-3-13(19)4-8-15/h3-10H,11-12H2,1-2H3,(H,21,22). The monoisotopic (exact) mass is 399 g/mol. The SMILES string of the molecule is CC(C)(Sc1ccc(Cl)cc1)C(=O)NCCSc1ccc(Cl)cc1. The molecule has 0 aliphatic rings. The molecule has 2 aromatic carbocycles. The lowest BCUT2D eigenvalue weighted by molar-refractivity contribution is -0.122. The Morgan fingerprint density at radius 3 is 2.00 bits per heavy atom. The number of carbonyl (C=O) groups excluding carboxylic acids is 1. The summed E-state index contributed by atoms with van der Waals surface area (Å²) in [7, 11) is 0. The van der Waals surface area contributed by atoms with E-state index in [1.165, 1.54) is 11.8 Å². The predicted molar refractivity (Wildman–Crippen MR) is 107 cm³/mol. The van der Waals surface area contributed by atoms with E-state index < -0.39 is 4.75 Å². The van der Waals surface area contributed by atoms with Crippen LogP contribution in [0.1, 0.15) is 13.8 Å². The summed E-state index contributed by atoms with van der Waals surface area (Å²) in [6.45, 7) is 4.47. The number of hydrogen-bond acceptors (Lipinski definition) is 3.